The minimum absolute atomic E-state index is 0.0426. The molecule has 0 saturated carbocycles. The molecule has 1 fully saturated rings. The second-order valence-electron chi connectivity index (χ2n) is 5.60. The second kappa shape index (κ2) is 5.63. The maximum absolute atomic E-state index is 12.6. The molecule has 1 unspecified atom stereocenters. The molecule has 1 atom stereocenters. The first-order valence-corrected chi connectivity index (χ1v) is 6.85. The Kier molecular flexibility index (Phi) is 4.09. The van der Waals surface area contributed by atoms with Gasteiger partial charge >= 0.3 is 0 Å². The van der Waals surface area contributed by atoms with Crippen LogP contribution < -0.4 is 11.5 Å². The van der Waals surface area contributed by atoms with Gasteiger partial charge in [0.25, 0.3) is 5.91 Å². The third kappa shape index (κ3) is 2.67. The van der Waals surface area contributed by atoms with Gasteiger partial charge in [0.1, 0.15) is 0 Å². The zero-order valence-corrected chi connectivity index (χ0v) is 11.8. The highest BCUT2D eigenvalue weighted by Gasteiger charge is 2.40. The summed E-state index contributed by atoms with van der Waals surface area (Å²) in [5, 5.41) is 0. The lowest BCUT2D eigenvalue weighted by Crippen LogP contribution is -2.38. The van der Waals surface area contributed by atoms with Crippen molar-refractivity contribution in [3.8, 4) is 0 Å². The number of hydrogen-bond acceptors (Lipinski definition) is 3. The fraction of sp³-hybridized carbons (Fsp3) is 0.467. The Morgan fingerprint density at radius 3 is 2.65 bits per heavy atom. The van der Waals surface area contributed by atoms with E-state index in [1.54, 1.807) is 4.90 Å². The van der Waals surface area contributed by atoms with Gasteiger partial charge in [0.05, 0.1) is 5.41 Å². The molecule has 1 aromatic rings. The van der Waals surface area contributed by atoms with Crippen molar-refractivity contribution in [2.24, 2.45) is 16.9 Å². The van der Waals surface area contributed by atoms with Crippen molar-refractivity contribution in [2.75, 3.05) is 19.6 Å². The van der Waals surface area contributed by atoms with Gasteiger partial charge in [0.2, 0.25) is 5.91 Å². The molecule has 1 saturated heterocycles. The molecule has 20 heavy (non-hydrogen) atoms. The van der Waals surface area contributed by atoms with Crippen LogP contribution in [-0.2, 0) is 11.2 Å². The molecule has 2 rings (SSSR count). The Hall–Kier alpha value is -1.88. The van der Waals surface area contributed by atoms with Crippen molar-refractivity contribution >= 4 is 11.8 Å². The topological polar surface area (TPSA) is 89.4 Å². The third-order valence-electron chi connectivity index (χ3n) is 4.02. The van der Waals surface area contributed by atoms with Crippen LogP contribution in [0.5, 0.6) is 0 Å². The molecule has 1 heterocycles. The van der Waals surface area contributed by atoms with Crippen LogP contribution in [0.15, 0.2) is 24.3 Å². The van der Waals surface area contributed by atoms with E-state index in [0.717, 1.165) is 5.56 Å². The molecule has 1 aliphatic heterocycles. The van der Waals surface area contributed by atoms with E-state index in [0.29, 0.717) is 38.0 Å². The minimum Gasteiger partial charge on any atom is -0.369 e. The standard InChI is InChI=1S/C15H21N3O2/c1-15(14(17)20)7-9-18(10-15)13(19)12-5-3-2-4-11(12)6-8-16/h2-5H,6-10,16H2,1H3,(H2,17,20). The molecule has 5 heteroatoms. The van der Waals surface area contributed by atoms with Crippen molar-refractivity contribution in [1.82, 2.24) is 4.90 Å². The van der Waals surface area contributed by atoms with Gasteiger partial charge < -0.3 is 16.4 Å². The van der Waals surface area contributed by atoms with E-state index in [2.05, 4.69) is 0 Å². The highest BCUT2D eigenvalue weighted by atomic mass is 16.2. The lowest BCUT2D eigenvalue weighted by Gasteiger charge is -2.22. The van der Waals surface area contributed by atoms with Gasteiger partial charge in [0, 0.05) is 18.7 Å². The van der Waals surface area contributed by atoms with Gasteiger partial charge in [-0.3, -0.25) is 9.59 Å². The number of likely N-dealkylation sites (tertiary alicyclic amines) is 1. The number of nitrogens with zero attached hydrogens (tertiary/aromatic N) is 1. The number of nitrogens with two attached hydrogens (primary N) is 2. The summed E-state index contributed by atoms with van der Waals surface area (Å²) in [6, 6.07) is 7.48. The van der Waals surface area contributed by atoms with E-state index in [9.17, 15) is 9.59 Å². The molecule has 0 spiro atoms. The average Bonchev–Trinajstić information content (AvgIpc) is 2.83. The maximum atomic E-state index is 12.6. The highest BCUT2D eigenvalue weighted by Crippen LogP contribution is 2.30. The van der Waals surface area contributed by atoms with E-state index >= 15 is 0 Å². The lowest BCUT2D eigenvalue weighted by atomic mass is 9.89. The second-order valence-corrected chi connectivity index (χ2v) is 5.60. The molecule has 1 aliphatic rings. The van der Waals surface area contributed by atoms with Crippen LogP contribution >= 0.6 is 0 Å². The van der Waals surface area contributed by atoms with E-state index in [-0.39, 0.29) is 11.8 Å². The summed E-state index contributed by atoms with van der Waals surface area (Å²) in [5.74, 6) is -0.387. The first-order valence-electron chi connectivity index (χ1n) is 6.85. The van der Waals surface area contributed by atoms with Gasteiger partial charge in [-0.05, 0) is 37.9 Å². The summed E-state index contributed by atoms with van der Waals surface area (Å²) in [4.78, 5) is 25.8. The zero-order chi connectivity index (χ0) is 14.8. The Labute approximate surface area is 118 Å². The SMILES string of the molecule is CC1(C(N)=O)CCN(C(=O)c2ccccc2CCN)C1. The first kappa shape index (κ1) is 14.5. The van der Waals surface area contributed by atoms with Gasteiger partial charge in [-0.15, -0.1) is 0 Å². The molecular weight excluding hydrogens is 254 g/mol. The Morgan fingerprint density at radius 2 is 2.05 bits per heavy atom. The fourth-order valence-corrected chi connectivity index (χ4v) is 2.61. The van der Waals surface area contributed by atoms with E-state index < -0.39 is 5.41 Å². The van der Waals surface area contributed by atoms with Crippen LogP contribution in [-0.4, -0.2) is 36.3 Å². The normalized spacial score (nSPS) is 22.0. The molecule has 0 radical (unpaired) electrons. The summed E-state index contributed by atoms with van der Waals surface area (Å²) in [6.07, 6.45) is 1.29. The molecule has 0 bridgehead atoms. The van der Waals surface area contributed by atoms with Crippen LogP contribution in [0.4, 0.5) is 0 Å². The Bertz CT molecular complexity index is 530. The van der Waals surface area contributed by atoms with E-state index in [1.165, 1.54) is 0 Å². The molecule has 5 nitrogen and oxygen atoms in total. The van der Waals surface area contributed by atoms with Gasteiger partial charge in [0.15, 0.2) is 0 Å². The average molecular weight is 275 g/mol. The van der Waals surface area contributed by atoms with Gasteiger partial charge in [-0.25, -0.2) is 0 Å². The number of carbonyl (C=O) groups excluding carboxylic acids is 2. The quantitative estimate of drug-likeness (QED) is 0.839. The van der Waals surface area contributed by atoms with Crippen molar-refractivity contribution in [1.29, 1.82) is 0 Å². The molecule has 0 aromatic heterocycles. The zero-order valence-electron chi connectivity index (χ0n) is 11.8. The third-order valence-corrected chi connectivity index (χ3v) is 4.02. The van der Waals surface area contributed by atoms with Crippen LogP contribution in [0.25, 0.3) is 0 Å². The molecular formula is C15H21N3O2. The highest BCUT2D eigenvalue weighted by molar-refractivity contribution is 5.96. The summed E-state index contributed by atoms with van der Waals surface area (Å²) < 4.78 is 0. The van der Waals surface area contributed by atoms with Crippen LogP contribution in [0.1, 0.15) is 29.3 Å². The summed E-state index contributed by atoms with van der Waals surface area (Å²) in [5.41, 5.74) is 12.0. The maximum Gasteiger partial charge on any atom is 0.254 e. The minimum atomic E-state index is -0.613. The predicted molar refractivity (Wildman–Crippen MR) is 77.0 cm³/mol. The number of rotatable bonds is 4. The molecule has 2 amide bonds. The molecule has 4 N–H and O–H groups in total. The van der Waals surface area contributed by atoms with Crippen molar-refractivity contribution in [2.45, 2.75) is 19.8 Å². The number of hydrogen-bond donors (Lipinski definition) is 2. The fourth-order valence-electron chi connectivity index (χ4n) is 2.61. The van der Waals surface area contributed by atoms with Gasteiger partial charge in [-0.2, -0.15) is 0 Å². The number of amides is 2. The Balaban J connectivity index is 2.19. The monoisotopic (exact) mass is 275 g/mol. The summed E-state index contributed by atoms with van der Waals surface area (Å²) in [6.45, 7) is 3.27. The largest absolute Gasteiger partial charge is 0.369 e. The van der Waals surface area contributed by atoms with Crippen LogP contribution in [0.2, 0.25) is 0 Å². The first-order chi connectivity index (χ1) is 9.48. The van der Waals surface area contributed by atoms with Crippen molar-refractivity contribution in [3.63, 3.8) is 0 Å². The number of carbonyl (C=O) groups is 2. The number of benzene rings is 1. The summed E-state index contributed by atoms with van der Waals surface area (Å²) in [7, 11) is 0. The van der Waals surface area contributed by atoms with Gasteiger partial charge in [-0.1, -0.05) is 18.2 Å². The lowest BCUT2D eigenvalue weighted by molar-refractivity contribution is -0.126. The molecule has 108 valence electrons. The van der Waals surface area contributed by atoms with Crippen LogP contribution in [0, 0.1) is 5.41 Å². The summed E-state index contributed by atoms with van der Waals surface area (Å²) >= 11 is 0. The molecule has 1 aromatic carbocycles. The Morgan fingerprint density at radius 1 is 1.35 bits per heavy atom. The van der Waals surface area contributed by atoms with Crippen molar-refractivity contribution in [3.05, 3.63) is 35.4 Å². The van der Waals surface area contributed by atoms with Crippen LogP contribution in [0.3, 0.4) is 0 Å². The number of primary amides is 1. The van der Waals surface area contributed by atoms with E-state index in [1.807, 2.05) is 31.2 Å². The van der Waals surface area contributed by atoms with Crippen molar-refractivity contribution < 1.29 is 9.59 Å². The predicted octanol–water partition coefficient (Wildman–Crippen LogP) is 0.525. The molecule has 0 aliphatic carbocycles. The van der Waals surface area contributed by atoms with E-state index in [4.69, 9.17) is 11.5 Å². The smallest absolute Gasteiger partial charge is 0.254 e.